The third kappa shape index (κ3) is 6.78. The van der Waals surface area contributed by atoms with Crippen LogP contribution >= 0.6 is 0 Å². The molecule has 0 aliphatic carbocycles. The van der Waals surface area contributed by atoms with Crippen LogP contribution in [-0.4, -0.2) is 41.8 Å². The second kappa shape index (κ2) is 7.10. The molecule has 1 saturated heterocycles. The van der Waals surface area contributed by atoms with Gasteiger partial charge in [0.25, 0.3) is 0 Å². The highest BCUT2D eigenvalue weighted by Gasteiger charge is 2.20. The first-order valence-electron chi connectivity index (χ1n) is 7.26. The summed E-state index contributed by atoms with van der Waals surface area (Å²) in [4.78, 5) is 14.0. The Hall–Kier alpha value is -0.810. The van der Waals surface area contributed by atoms with Gasteiger partial charge in [-0.3, -0.25) is 5.43 Å². The number of hydrogen-bond acceptors (Lipinski definition) is 4. The third-order valence-corrected chi connectivity index (χ3v) is 3.27. The molecule has 19 heavy (non-hydrogen) atoms. The van der Waals surface area contributed by atoms with E-state index in [2.05, 4.69) is 29.6 Å². The summed E-state index contributed by atoms with van der Waals surface area (Å²) in [6, 6.07) is 0.925. The third-order valence-electron chi connectivity index (χ3n) is 3.27. The van der Waals surface area contributed by atoms with Crippen LogP contribution in [0.3, 0.4) is 0 Å². The van der Waals surface area contributed by atoms with E-state index in [-0.39, 0.29) is 0 Å². The van der Waals surface area contributed by atoms with Gasteiger partial charge < -0.3 is 9.64 Å². The van der Waals surface area contributed by atoms with Crippen molar-refractivity contribution in [1.29, 1.82) is 0 Å². The fourth-order valence-corrected chi connectivity index (χ4v) is 2.24. The molecule has 1 aliphatic rings. The lowest BCUT2D eigenvalue weighted by Gasteiger charge is -2.24. The molecular formula is C14H29N3O2. The molecule has 112 valence electrons. The zero-order valence-corrected chi connectivity index (χ0v) is 13.0. The quantitative estimate of drug-likeness (QED) is 0.773. The molecule has 1 rings (SSSR count). The highest BCUT2D eigenvalue weighted by atomic mass is 16.6. The first-order valence-corrected chi connectivity index (χ1v) is 7.26. The van der Waals surface area contributed by atoms with Gasteiger partial charge in [-0.05, 0) is 67.0 Å². The predicted octanol–water partition coefficient (Wildman–Crippen LogP) is 2.28. The van der Waals surface area contributed by atoms with Crippen LogP contribution in [0.4, 0.5) is 4.79 Å². The number of carbonyl (C=O) groups is 1. The van der Waals surface area contributed by atoms with E-state index in [1.165, 1.54) is 0 Å². The molecule has 0 radical (unpaired) electrons. The molecule has 1 amide bonds. The van der Waals surface area contributed by atoms with Crippen LogP contribution in [0, 0.1) is 0 Å². The van der Waals surface area contributed by atoms with Crippen LogP contribution < -0.4 is 10.9 Å². The van der Waals surface area contributed by atoms with Gasteiger partial charge in [-0.1, -0.05) is 0 Å². The predicted molar refractivity (Wildman–Crippen MR) is 76.9 cm³/mol. The SMILES string of the molecule is CC(C)N1CCCC(NNC(=O)OC(C)(C)C)CC1. The minimum absolute atomic E-state index is 0.330. The second-order valence-electron chi connectivity index (χ2n) is 6.53. The molecule has 0 bridgehead atoms. The minimum Gasteiger partial charge on any atom is -0.443 e. The van der Waals surface area contributed by atoms with E-state index in [0.717, 1.165) is 32.4 Å². The van der Waals surface area contributed by atoms with Gasteiger partial charge in [-0.2, -0.15) is 0 Å². The Bertz CT molecular complexity index is 287. The van der Waals surface area contributed by atoms with Gasteiger partial charge >= 0.3 is 6.09 Å². The zero-order valence-electron chi connectivity index (χ0n) is 13.0. The van der Waals surface area contributed by atoms with Crippen molar-refractivity contribution >= 4 is 6.09 Å². The van der Waals surface area contributed by atoms with Gasteiger partial charge in [0.1, 0.15) is 5.60 Å². The molecule has 0 spiro atoms. The molecule has 1 atom stereocenters. The Morgan fingerprint density at radius 1 is 1.26 bits per heavy atom. The van der Waals surface area contributed by atoms with Crippen LogP contribution in [0.1, 0.15) is 53.9 Å². The Morgan fingerprint density at radius 2 is 1.95 bits per heavy atom. The van der Waals surface area contributed by atoms with E-state index in [0.29, 0.717) is 12.1 Å². The highest BCUT2D eigenvalue weighted by molar-refractivity contribution is 5.67. The molecule has 1 fully saturated rings. The molecule has 2 N–H and O–H groups in total. The maximum atomic E-state index is 11.6. The molecule has 5 nitrogen and oxygen atoms in total. The average molecular weight is 271 g/mol. The van der Waals surface area contributed by atoms with E-state index >= 15 is 0 Å². The number of nitrogens with one attached hydrogen (secondary N) is 2. The molecule has 1 unspecified atom stereocenters. The molecule has 0 aromatic rings. The fourth-order valence-electron chi connectivity index (χ4n) is 2.24. The van der Waals surface area contributed by atoms with E-state index in [4.69, 9.17) is 4.74 Å². The Morgan fingerprint density at radius 3 is 2.53 bits per heavy atom. The summed E-state index contributed by atoms with van der Waals surface area (Å²) in [6.07, 6.45) is 2.89. The van der Waals surface area contributed by atoms with Crippen LogP contribution in [0.2, 0.25) is 0 Å². The summed E-state index contributed by atoms with van der Waals surface area (Å²) in [6.45, 7) is 12.3. The molecular weight excluding hydrogens is 242 g/mol. The second-order valence-corrected chi connectivity index (χ2v) is 6.53. The highest BCUT2D eigenvalue weighted by Crippen LogP contribution is 2.13. The molecule has 0 aromatic carbocycles. The summed E-state index contributed by atoms with van der Waals surface area (Å²) in [5.41, 5.74) is 5.29. The molecule has 5 heteroatoms. The monoisotopic (exact) mass is 271 g/mol. The van der Waals surface area contributed by atoms with Crippen LogP contribution in [0.15, 0.2) is 0 Å². The Labute approximate surface area is 117 Å². The van der Waals surface area contributed by atoms with Crippen molar-refractivity contribution in [2.75, 3.05) is 13.1 Å². The minimum atomic E-state index is -0.455. The first-order chi connectivity index (χ1) is 8.78. The number of hydrazine groups is 1. The van der Waals surface area contributed by atoms with Crippen LogP contribution in [0.25, 0.3) is 0 Å². The Balaban J connectivity index is 2.28. The summed E-state index contributed by atoms with van der Waals surface area (Å²) >= 11 is 0. The number of hydrogen-bond donors (Lipinski definition) is 2. The van der Waals surface area contributed by atoms with Crippen molar-refractivity contribution in [1.82, 2.24) is 15.8 Å². The number of ether oxygens (including phenoxy) is 1. The normalized spacial score (nSPS) is 22.1. The lowest BCUT2D eigenvalue weighted by Crippen LogP contribution is -2.46. The van der Waals surface area contributed by atoms with Gasteiger partial charge in [0.15, 0.2) is 0 Å². The van der Waals surface area contributed by atoms with Crippen LogP contribution in [0.5, 0.6) is 0 Å². The van der Waals surface area contributed by atoms with Gasteiger partial charge in [0.05, 0.1) is 0 Å². The zero-order chi connectivity index (χ0) is 14.5. The summed E-state index contributed by atoms with van der Waals surface area (Å²) in [5, 5.41) is 0. The first kappa shape index (κ1) is 16.2. The lowest BCUT2D eigenvalue weighted by molar-refractivity contribution is 0.0485. The van der Waals surface area contributed by atoms with Crippen molar-refractivity contribution in [2.45, 2.75) is 71.6 Å². The number of carbonyl (C=O) groups excluding carboxylic acids is 1. The van der Waals surface area contributed by atoms with Gasteiger partial charge in [0, 0.05) is 12.1 Å². The van der Waals surface area contributed by atoms with E-state index in [9.17, 15) is 4.79 Å². The van der Waals surface area contributed by atoms with Crippen molar-refractivity contribution in [2.24, 2.45) is 0 Å². The molecule has 1 aliphatic heterocycles. The van der Waals surface area contributed by atoms with Crippen molar-refractivity contribution < 1.29 is 9.53 Å². The van der Waals surface area contributed by atoms with Gasteiger partial charge in [0.2, 0.25) is 0 Å². The summed E-state index contributed by atoms with van der Waals surface area (Å²) in [5.74, 6) is 0. The number of amides is 1. The van der Waals surface area contributed by atoms with E-state index in [1.807, 2.05) is 20.8 Å². The van der Waals surface area contributed by atoms with Crippen LogP contribution in [-0.2, 0) is 4.74 Å². The maximum Gasteiger partial charge on any atom is 0.422 e. The fraction of sp³-hybridized carbons (Fsp3) is 0.929. The smallest absolute Gasteiger partial charge is 0.422 e. The van der Waals surface area contributed by atoms with Gasteiger partial charge in [-0.25, -0.2) is 10.2 Å². The largest absolute Gasteiger partial charge is 0.443 e. The maximum absolute atomic E-state index is 11.6. The van der Waals surface area contributed by atoms with Crippen molar-refractivity contribution in [3.8, 4) is 0 Å². The number of likely N-dealkylation sites (tertiary alicyclic amines) is 1. The molecule has 0 aromatic heterocycles. The van der Waals surface area contributed by atoms with E-state index < -0.39 is 11.7 Å². The van der Waals surface area contributed by atoms with Crippen molar-refractivity contribution in [3.05, 3.63) is 0 Å². The number of rotatable bonds is 3. The van der Waals surface area contributed by atoms with Crippen molar-refractivity contribution in [3.63, 3.8) is 0 Å². The van der Waals surface area contributed by atoms with E-state index in [1.54, 1.807) is 0 Å². The molecule has 1 heterocycles. The lowest BCUT2D eigenvalue weighted by atomic mass is 10.1. The Kier molecular flexibility index (Phi) is 6.07. The summed E-state index contributed by atoms with van der Waals surface area (Å²) in [7, 11) is 0. The summed E-state index contributed by atoms with van der Waals surface area (Å²) < 4.78 is 5.20. The standard InChI is InChI=1S/C14H29N3O2/c1-11(2)17-9-6-7-12(8-10-17)15-16-13(18)19-14(3,4)5/h11-12,15H,6-10H2,1-5H3,(H,16,18). The molecule has 0 saturated carbocycles. The number of nitrogens with zero attached hydrogens (tertiary/aromatic N) is 1. The topological polar surface area (TPSA) is 53.6 Å². The van der Waals surface area contributed by atoms with Gasteiger partial charge in [-0.15, -0.1) is 0 Å². The average Bonchev–Trinajstić information content (AvgIpc) is 2.49.